The zero-order valence-corrected chi connectivity index (χ0v) is 14.4. The van der Waals surface area contributed by atoms with Crippen molar-refractivity contribution in [2.75, 3.05) is 18.5 Å². The molecule has 0 N–H and O–H groups in total. The molecule has 0 nitrogen and oxygen atoms in total. The Morgan fingerprint density at radius 3 is 1.12 bits per heavy atom. The van der Waals surface area contributed by atoms with Crippen molar-refractivity contribution in [3.8, 4) is 0 Å². The summed E-state index contributed by atoms with van der Waals surface area (Å²) in [6, 6.07) is 0. The quantitative estimate of drug-likeness (QED) is 0.450. The van der Waals surface area contributed by atoms with E-state index in [4.69, 9.17) is 0 Å². The Bertz CT molecular complexity index is 157. The van der Waals surface area contributed by atoms with E-state index in [1.165, 1.54) is 38.5 Å². The van der Waals surface area contributed by atoms with Crippen LogP contribution in [0.2, 0.25) is 0 Å². The standard InChI is InChI=1S/C16H37P/c1-7-10-13-17(14-11-8-2,15-12-9-3)16(4,5)6/h17H,7-15H2,1-6H3. The van der Waals surface area contributed by atoms with Crippen molar-refractivity contribution in [3.05, 3.63) is 0 Å². The first-order chi connectivity index (χ1) is 7.93. The molecule has 0 aliphatic heterocycles. The van der Waals surface area contributed by atoms with Crippen LogP contribution in [0.4, 0.5) is 0 Å². The minimum atomic E-state index is -1.06. The van der Waals surface area contributed by atoms with Crippen LogP contribution in [0.15, 0.2) is 0 Å². The third-order valence-electron chi connectivity index (χ3n) is 4.62. The maximum absolute atomic E-state index is 2.53. The summed E-state index contributed by atoms with van der Waals surface area (Å²) >= 11 is 0. The van der Waals surface area contributed by atoms with Gasteiger partial charge in [-0.15, -0.1) is 0 Å². The zero-order chi connectivity index (χ0) is 13.4. The fourth-order valence-electron chi connectivity index (χ4n) is 3.05. The van der Waals surface area contributed by atoms with Gasteiger partial charge in [-0.1, -0.05) is 0 Å². The van der Waals surface area contributed by atoms with Crippen molar-refractivity contribution in [1.29, 1.82) is 0 Å². The van der Waals surface area contributed by atoms with Gasteiger partial charge in [0.15, 0.2) is 0 Å². The van der Waals surface area contributed by atoms with Crippen LogP contribution in [0.25, 0.3) is 0 Å². The van der Waals surface area contributed by atoms with Gasteiger partial charge in [0.05, 0.1) is 0 Å². The Morgan fingerprint density at radius 2 is 0.941 bits per heavy atom. The van der Waals surface area contributed by atoms with Crippen LogP contribution in [-0.4, -0.2) is 23.6 Å². The molecule has 0 aliphatic carbocycles. The van der Waals surface area contributed by atoms with Crippen molar-refractivity contribution < 1.29 is 0 Å². The Labute approximate surface area is 111 Å². The molecule has 0 aromatic heterocycles. The molecule has 1 heteroatoms. The summed E-state index contributed by atoms with van der Waals surface area (Å²) in [5.74, 6) is 0. The normalized spacial score (nSPS) is 14.0. The molecule has 0 spiro atoms. The van der Waals surface area contributed by atoms with Gasteiger partial charge in [0.25, 0.3) is 0 Å². The molecule has 0 fully saturated rings. The van der Waals surface area contributed by atoms with Crippen LogP contribution in [0.3, 0.4) is 0 Å². The predicted octanol–water partition coefficient (Wildman–Crippen LogP) is 5.94. The Kier molecular flexibility index (Phi) is 8.73. The first kappa shape index (κ1) is 17.4. The minimum absolute atomic E-state index is 0.604. The van der Waals surface area contributed by atoms with Crippen molar-refractivity contribution in [3.63, 3.8) is 0 Å². The van der Waals surface area contributed by atoms with Gasteiger partial charge in [-0.25, -0.2) is 0 Å². The Morgan fingerprint density at radius 1 is 0.647 bits per heavy atom. The molecule has 0 saturated heterocycles. The molecule has 0 saturated carbocycles. The van der Waals surface area contributed by atoms with E-state index in [1.807, 2.05) is 0 Å². The number of hydrogen-bond acceptors (Lipinski definition) is 0. The third kappa shape index (κ3) is 5.73. The van der Waals surface area contributed by atoms with Gasteiger partial charge in [0, 0.05) is 0 Å². The van der Waals surface area contributed by atoms with E-state index < -0.39 is 7.26 Å². The number of rotatable bonds is 9. The van der Waals surface area contributed by atoms with Crippen LogP contribution in [0, 0.1) is 0 Å². The molecule has 0 heterocycles. The van der Waals surface area contributed by atoms with E-state index >= 15 is 0 Å². The first-order valence-electron chi connectivity index (χ1n) is 7.93. The van der Waals surface area contributed by atoms with Crippen LogP contribution in [-0.2, 0) is 0 Å². The molecular formula is C16H37P. The van der Waals surface area contributed by atoms with Crippen molar-refractivity contribution >= 4 is 7.26 Å². The van der Waals surface area contributed by atoms with Gasteiger partial charge in [-0.3, -0.25) is 0 Å². The number of hydrogen-bond donors (Lipinski definition) is 0. The summed E-state index contributed by atoms with van der Waals surface area (Å²) in [6.45, 7) is 14.6. The molecule has 0 radical (unpaired) electrons. The van der Waals surface area contributed by atoms with E-state index in [2.05, 4.69) is 41.5 Å². The molecule has 17 heavy (non-hydrogen) atoms. The SMILES string of the molecule is CCCC[PH](CCCC)(CCCC)C(C)(C)C. The monoisotopic (exact) mass is 260 g/mol. The van der Waals surface area contributed by atoms with Crippen molar-refractivity contribution in [1.82, 2.24) is 0 Å². The summed E-state index contributed by atoms with van der Waals surface area (Å²) in [6.07, 6.45) is 13.3. The van der Waals surface area contributed by atoms with Gasteiger partial charge >= 0.3 is 111 Å². The fourth-order valence-corrected chi connectivity index (χ4v) is 9.14. The topological polar surface area (TPSA) is 0 Å². The summed E-state index contributed by atoms with van der Waals surface area (Å²) in [4.78, 5) is 0. The van der Waals surface area contributed by atoms with Gasteiger partial charge in [-0.05, 0) is 0 Å². The van der Waals surface area contributed by atoms with Gasteiger partial charge in [0.1, 0.15) is 0 Å². The van der Waals surface area contributed by atoms with Gasteiger partial charge in [0.2, 0.25) is 0 Å². The van der Waals surface area contributed by atoms with E-state index in [0.717, 1.165) is 0 Å². The Balaban J connectivity index is 4.78. The molecule has 0 atom stereocenters. The molecule has 0 aliphatic rings. The van der Waals surface area contributed by atoms with Crippen molar-refractivity contribution in [2.45, 2.75) is 85.2 Å². The number of unbranched alkanes of at least 4 members (excludes halogenated alkanes) is 3. The van der Waals surface area contributed by atoms with Gasteiger partial charge in [-0.2, -0.15) is 0 Å². The van der Waals surface area contributed by atoms with Crippen LogP contribution >= 0.6 is 7.26 Å². The molecule has 0 rings (SSSR count). The van der Waals surface area contributed by atoms with E-state index in [-0.39, 0.29) is 0 Å². The average Bonchev–Trinajstić information content (AvgIpc) is 2.27. The zero-order valence-electron chi connectivity index (χ0n) is 13.4. The summed E-state index contributed by atoms with van der Waals surface area (Å²) in [7, 11) is -1.06. The maximum atomic E-state index is 2.53. The second-order valence-electron chi connectivity index (χ2n) is 6.84. The molecule has 0 unspecified atom stereocenters. The van der Waals surface area contributed by atoms with E-state index in [1.54, 1.807) is 18.5 Å². The Hall–Kier alpha value is 0.430. The second-order valence-corrected chi connectivity index (χ2v) is 12.4. The van der Waals surface area contributed by atoms with Crippen LogP contribution in [0.1, 0.15) is 80.1 Å². The predicted molar refractivity (Wildman–Crippen MR) is 87.4 cm³/mol. The molecule has 0 aromatic rings. The molecule has 0 aromatic carbocycles. The third-order valence-corrected chi connectivity index (χ3v) is 11.7. The van der Waals surface area contributed by atoms with E-state index in [0.29, 0.717) is 5.16 Å². The summed E-state index contributed by atoms with van der Waals surface area (Å²) in [5, 5.41) is 0.604. The fraction of sp³-hybridized carbons (Fsp3) is 1.00. The molecule has 0 bridgehead atoms. The van der Waals surface area contributed by atoms with E-state index in [9.17, 15) is 0 Å². The van der Waals surface area contributed by atoms with Crippen LogP contribution in [0.5, 0.6) is 0 Å². The summed E-state index contributed by atoms with van der Waals surface area (Å²) in [5.41, 5.74) is 0. The molecular weight excluding hydrogens is 223 g/mol. The second kappa shape index (κ2) is 8.52. The average molecular weight is 260 g/mol. The molecule has 0 amide bonds. The van der Waals surface area contributed by atoms with Crippen molar-refractivity contribution in [2.24, 2.45) is 0 Å². The van der Waals surface area contributed by atoms with Gasteiger partial charge < -0.3 is 0 Å². The van der Waals surface area contributed by atoms with Crippen LogP contribution < -0.4 is 0 Å². The summed E-state index contributed by atoms with van der Waals surface area (Å²) < 4.78 is 0. The molecule has 106 valence electrons. The first-order valence-corrected chi connectivity index (χ1v) is 10.6.